The molecule has 386 valence electrons. The van der Waals surface area contributed by atoms with Crippen LogP contribution in [0.5, 0.6) is 11.5 Å². The highest BCUT2D eigenvalue weighted by Crippen LogP contribution is 2.56. The summed E-state index contributed by atoms with van der Waals surface area (Å²) in [5.41, 5.74) is -0.0585. The molecular weight excluding hydrogens is 1010 g/mol. The van der Waals surface area contributed by atoms with Crippen molar-refractivity contribution in [2.75, 3.05) is 51.2 Å². The number of alkyl halides is 2. The Kier molecular flexibility index (Phi) is 17.5. The number of rotatable bonds is 24. The summed E-state index contributed by atoms with van der Waals surface area (Å²) in [5.74, 6) is 0.837. The fourth-order valence-electron chi connectivity index (χ4n) is 8.78. The maximum Gasteiger partial charge on any atom is 0.695 e. The molecule has 2 fully saturated rings. The number of ether oxygens (including phenoxy) is 4. The lowest BCUT2D eigenvalue weighted by Gasteiger charge is -2.37. The van der Waals surface area contributed by atoms with Crippen LogP contribution in [-0.2, 0) is 49.5 Å². The largest absolute Gasteiger partial charge is 0.695 e. The molecule has 0 amide bonds. The zero-order valence-electron chi connectivity index (χ0n) is 40.0. The number of aromatic amines is 1. The highest BCUT2D eigenvalue weighted by Gasteiger charge is 2.53. The van der Waals surface area contributed by atoms with E-state index in [2.05, 4.69) is 35.6 Å². The van der Waals surface area contributed by atoms with Crippen molar-refractivity contribution in [1.82, 2.24) is 29.5 Å². The Hall–Kier alpha value is -5.89. The normalized spacial score (nSPS) is 23.0. The fraction of sp³-hybridized carbons (Fsp3) is 0.417. The Morgan fingerprint density at radius 3 is 2.27 bits per heavy atom. The molecular formula is C48H54F2N9O11P2S+. The van der Waals surface area contributed by atoms with Crippen molar-refractivity contribution in [3.8, 4) is 17.6 Å². The number of hydrogen-bond acceptors (Lipinski definition) is 18. The van der Waals surface area contributed by atoms with Gasteiger partial charge in [-0.1, -0.05) is 68.4 Å². The van der Waals surface area contributed by atoms with E-state index < -0.39 is 88.2 Å². The van der Waals surface area contributed by atoms with Crippen LogP contribution < -0.4 is 25.7 Å². The molecule has 1 saturated heterocycles. The molecule has 10 atom stereocenters. The molecule has 4 heterocycles. The van der Waals surface area contributed by atoms with Crippen LogP contribution in [0, 0.1) is 23.2 Å². The van der Waals surface area contributed by atoms with Crippen molar-refractivity contribution < 1.29 is 55.3 Å². The van der Waals surface area contributed by atoms with Crippen molar-refractivity contribution >= 4 is 49.7 Å². The van der Waals surface area contributed by atoms with Crippen LogP contribution in [0.2, 0.25) is 0 Å². The number of nitrogens with zero attached hydrogens (tertiary/aromatic N) is 6. The topological polar surface area (TPSA) is 248 Å². The fourth-order valence-corrected chi connectivity index (χ4v) is 11.4. The van der Waals surface area contributed by atoms with Gasteiger partial charge in [0.1, 0.15) is 41.5 Å². The zero-order chi connectivity index (χ0) is 51.7. The molecule has 1 unspecified atom stereocenters. The van der Waals surface area contributed by atoms with Crippen molar-refractivity contribution in [3.05, 3.63) is 131 Å². The predicted octanol–water partition coefficient (Wildman–Crippen LogP) is 7.67. The van der Waals surface area contributed by atoms with Gasteiger partial charge in [-0.15, -0.1) is 9.42 Å². The number of methoxy groups -OCH3 is 2. The minimum Gasteiger partial charge on any atom is -0.497 e. The van der Waals surface area contributed by atoms with Gasteiger partial charge in [0.15, 0.2) is 35.8 Å². The second-order valence-corrected chi connectivity index (χ2v) is 21.1. The summed E-state index contributed by atoms with van der Waals surface area (Å²) in [6.07, 6.45) is -6.20. The van der Waals surface area contributed by atoms with Crippen LogP contribution in [0.25, 0.3) is 11.2 Å². The Balaban J connectivity index is 1.17. The van der Waals surface area contributed by atoms with Crippen molar-refractivity contribution in [1.29, 1.82) is 5.26 Å². The Bertz CT molecular complexity index is 2900. The smallest absolute Gasteiger partial charge is 0.497 e. The van der Waals surface area contributed by atoms with E-state index in [0.717, 1.165) is 0 Å². The number of anilines is 2. The number of fused-ring (bicyclic) bond motifs is 1. The molecule has 0 radical (unpaired) electrons. The zero-order valence-corrected chi connectivity index (χ0v) is 42.6. The molecule has 0 spiro atoms. The molecule has 1 saturated carbocycles. The number of hydrogen-bond donors (Lipinski definition) is 4. The van der Waals surface area contributed by atoms with Gasteiger partial charge in [-0.3, -0.25) is 18.9 Å². The highest BCUT2D eigenvalue weighted by atomic mass is 32.5. The molecule has 3 aromatic carbocycles. The van der Waals surface area contributed by atoms with E-state index in [-0.39, 0.29) is 42.5 Å². The van der Waals surface area contributed by atoms with Crippen LogP contribution in [0.3, 0.4) is 0 Å². The van der Waals surface area contributed by atoms with Crippen molar-refractivity contribution in [3.63, 3.8) is 0 Å². The summed E-state index contributed by atoms with van der Waals surface area (Å²) >= 11 is 5.98. The Morgan fingerprint density at radius 1 is 0.973 bits per heavy atom. The highest BCUT2D eigenvalue weighted by molar-refractivity contribution is 8.07. The van der Waals surface area contributed by atoms with Crippen LogP contribution in [0.4, 0.5) is 20.5 Å². The first-order valence-corrected chi connectivity index (χ1v) is 26.9. The SMILES string of the molecule is COc1ccc(C(OC[C@H]2O[C@@H](n3cnc4c(=O)[nH]c(NCC(C)C)nc43)[C@H](O[P@](=S)(OCCC#N)OC[C@H]3C[C@@H](Nc4ccncn4)[C@H](F)[C@@H]3O[P+](=O)O)[C@@H]2F)(c2ccccc2)c2ccc(OC)cc2)cc1. The summed E-state index contributed by atoms with van der Waals surface area (Å²) in [6, 6.07) is 26.5. The average molecular weight is 1070 g/mol. The van der Waals surface area contributed by atoms with Gasteiger partial charge in [-0.05, 0) is 71.2 Å². The number of imidazole rings is 1. The number of benzene rings is 3. The van der Waals surface area contributed by atoms with E-state index in [9.17, 15) is 19.5 Å². The number of halogens is 2. The van der Waals surface area contributed by atoms with E-state index >= 15 is 8.78 Å². The lowest BCUT2D eigenvalue weighted by atomic mass is 9.80. The first-order chi connectivity index (χ1) is 35.2. The molecule has 2 aliphatic rings. The van der Waals surface area contributed by atoms with Gasteiger partial charge in [0, 0.05) is 23.2 Å². The summed E-state index contributed by atoms with van der Waals surface area (Å²) in [4.78, 5) is 42.9. The third kappa shape index (κ3) is 12.2. The van der Waals surface area contributed by atoms with Crippen LogP contribution >= 0.6 is 15.0 Å². The first kappa shape index (κ1) is 53.4. The van der Waals surface area contributed by atoms with Gasteiger partial charge in [-0.2, -0.15) is 10.2 Å². The van der Waals surface area contributed by atoms with Gasteiger partial charge in [-0.25, -0.2) is 23.7 Å². The lowest BCUT2D eigenvalue weighted by Crippen LogP contribution is -2.38. The van der Waals surface area contributed by atoms with Crippen molar-refractivity contribution in [2.24, 2.45) is 11.8 Å². The van der Waals surface area contributed by atoms with E-state index in [4.69, 9.17) is 48.8 Å². The monoisotopic (exact) mass is 1060 g/mol. The van der Waals surface area contributed by atoms with E-state index in [0.29, 0.717) is 40.6 Å². The van der Waals surface area contributed by atoms with Crippen LogP contribution in [-0.4, -0.2) is 112 Å². The third-order valence-corrected chi connectivity index (χ3v) is 15.1. The minimum atomic E-state index is -4.22. The molecule has 1 aliphatic heterocycles. The first-order valence-electron chi connectivity index (χ1n) is 23.2. The lowest BCUT2D eigenvalue weighted by molar-refractivity contribution is -0.0890. The van der Waals surface area contributed by atoms with Gasteiger partial charge >= 0.3 is 15.0 Å². The molecule has 1 aliphatic carbocycles. The number of nitrogens with one attached hydrogen (secondary N) is 3. The minimum absolute atomic E-state index is 0.00712. The van der Waals surface area contributed by atoms with Crippen LogP contribution in [0.15, 0.2) is 109 Å². The summed E-state index contributed by atoms with van der Waals surface area (Å²) in [5, 5.41) is 15.6. The molecule has 4 N–H and O–H groups in total. The molecule has 73 heavy (non-hydrogen) atoms. The van der Waals surface area contributed by atoms with E-state index in [1.165, 1.54) is 29.5 Å². The number of aromatic nitrogens is 6. The molecule has 20 nitrogen and oxygen atoms in total. The van der Waals surface area contributed by atoms with Crippen molar-refractivity contribution in [2.45, 2.75) is 75.2 Å². The van der Waals surface area contributed by atoms with E-state index in [1.54, 1.807) is 38.5 Å². The standard InChI is InChI=1S/C48H53F2N9O11P2S/c1-29(2)24-53-47-57-44-41(45(60)58-47)55-28-59(44)46-43(70-72(73,66-22-8-20-51)67-25-30-23-36(39(49)42(30)69-71(61)62)56-38-19-21-52-27-54-38)40(50)37(68-46)26-65-48(31-9-6-5-7-10-31,32-11-15-34(63-3)16-12-32)33-13-17-35(64-4)18-14-33/h5-7,9-19,21,27-30,36-37,39-40,42-43,46H,8,22-26H2,1-4H3,(H3-,52,53,54,56,57,58,60,61,62)/p+1/t30-,36-,37-,39+,40-,42-,43-,46-,72+/m1/s1. The number of H-pyrrole nitrogens is 1. The summed E-state index contributed by atoms with van der Waals surface area (Å²) in [7, 11) is -0.164. The van der Waals surface area contributed by atoms with Gasteiger partial charge < -0.3 is 38.6 Å². The Morgan fingerprint density at radius 2 is 1.66 bits per heavy atom. The molecule has 6 aromatic rings. The summed E-state index contributed by atoms with van der Waals surface area (Å²) in [6.45, 7) is -1.01. The average Bonchev–Trinajstić information content (AvgIpc) is 4.05. The molecule has 25 heteroatoms. The predicted molar refractivity (Wildman–Crippen MR) is 267 cm³/mol. The quantitative estimate of drug-likeness (QED) is 0.0258. The second kappa shape index (κ2) is 24.0. The molecule has 0 bridgehead atoms. The summed E-state index contributed by atoms with van der Waals surface area (Å²) < 4.78 is 96.1. The van der Waals surface area contributed by atoms with Gasteiger partial charge in [0.05, 0.1) is 58.9 Å². The second-order valence-electron chi connectivity index (χ2n) is 17.5. The van der Waals surface area contributed by atoms with Crippen LogP contribution in [0.1, 0.15) is 49.6 Å². The molecule has 3 aromatic heterocycles. The third-order valence-electron chi connectivity index (χ3n) is 12.3. The maximum atomic E-state index is 18.0. The van der Waals surface area contributed by atoms with E-state index in [1.807, 2.05) is 74.5 Å². The molecule has 8 rings (SSSR count). The van der Waals surface area contributed by atoms with Gasteiger partial charge in [0.2, 0.25) is 5.95 Å². The Labute approximate surface area is 424 Å². The van der Waals surface area contributed by atoms with Gasteiger partial charge in [0.25, 0.3) is 5.56 Å². The number of nitriles is 1. The maximum absolute atomic E-state index is 18.0.